The van der Waals surface area contributed by atoms with Crippen LogP contribution in [0.4, 0.5) is 10.5 Å². The number of urea groups is 1. The van der Waals surface area contributed by atoms with Crippen molar-refractivity contribution in [3.63, 3.8) is 0 Å². The lowest BCUT2D eigenvalue weighted by Crippen LogP contribution is -2.54. The fourth-order valence-corrected chi connectivity index (χ4v) is 5.44. The molecular formula is C25H17BrCl2N2O7S. The Labute approximate surface area is 236 Å². The second-order valence-corrected chi connectivity index (χ2v) is 11.1. The first kappa shape index (κ1) is 27.6. The normalized spacial score (nSPS) is 15.0. The van der Waals surface area contributed by atoms with Crippen LogP contribution in [0.25, 0.3) is 6.08 Å². The molecular weight excluding hydrogens is 623 g/mol. The molecule has 38 heavy (non-hydrogen) atoms. The Morgan fingerprint density at radius 1 is 1.03 bits per heavy atom. The van der Waals surface area contributed by atoms with Crippen LogP contribution in [0.3, 0.4) is 0 Å². The fraction of sp³-hybridized carbons (Fsp3) is 0.0800. The van der Waals surface area contributed by atoms with E-state index in [-0.39, 0.29) is 37.7 Å². The molecule has 3 aromatic carbocycles. The van der Waals surface area contributed by atoms with Crippen molar-refractivity contribution in [1.82, 2.24) is 5.32 Å². The third-order valence-corrected chi connectivity index (χ3v) is 7.93. The lowest BCUT2D eigenvalue weighted by Gasteiger charge is -2.27. The minimum Gasteiger partial charge on any atom is -0.493 e. The number of nitrogens with zero attached hydrogens (tertiary/aromatic N) is 1. The van der Waals surface area contributed by atoms with Crippen molar-refractivity contribution in [3.8, 4) is 11.5 Å². The van der Waals surface area contributed by atoms with Crippen molar-refractivity contribution in [1.29, 1.82) is 0 Å². The largest absolute Gasteiger partial charge is 0.493 e. The van der Waals surface area contributed by atoms with Crippen molar-refractivity contribution in [2.24, 2.45) is 0 Å². The van der Waals surface area contributed by atoms with Gasteiger partial charge < -0.3 is 8.92 Å². The van der Waals surface area contributed by atoms with E-state index in [1.807, 2.05) is 0 Å². The Bertz CT molecular complexity index is 1620. The molecule has 4 rings (SSSR count). The minimum atomic E-state index is -4.25. The number of methoxy groups -OCH3 is 1. The van der Waals surface area contributed by atoms with Gasteiger partial charge in [0.05, 0.1) is 17.3 Å². The molecule has 4 amide bonds. The third kappa shape index (κ3) is 5.41. The summed E-state index contributed by atoms with van der Waals surface area (Å²) in [6.45, 7) is 1.64. The Morgan fingerprint density at radius 3 is 2.37 bits per heavy atom. The van der Waals surface area contributed by atoms with E-state index in [1.165, 1.54) is 55.7 Å². The van der Waals surface area contributed by atoms with Crippen LogP contribution in [0.15, 0.2) is 69.5 Å². The average molecular weight is 640 g/mol. The molecule has 1 fully saturated rings. The Morgan fingerprint density at radius 2 is 1.71 bits per heavy atom. The summed E-state index contributed by atoms with van der Waals surface area (Å²) in [5, 5.41) is 2.83. The zero-order valence-corrected chi connectivity index (χ0v) is 23.5. The SMILES string of the molecule is COc1cc(/C=C2\C(=O)NC(=O)N(c3cccc(Cl)c3C)C2=O)cc(Br)c1OS(=O)(=O)c1ccc(Cl)cc1. The number of nitrogens with one attached hydrogen (secondary N) is 1. The van der Waals surface area contributed by atoms with E-state index in [2.05, 4.69) is 21.2 Å². The molecule has 3 aromatic rings. The standard InChI is InChI=1S/C25H17BrCl2N2O7S/c1-13-19(28)4-3-5-20(13)30-24(32)17(23(31)29-25(30)33)10-14-11-18(26)22(21(12-14)36-2)37-38(34,35)16-8-6-15(27)7-9-16/h3-12H,1-2H3,(H,29,31,33)/b17-10+. The maximum Gasteiger partial charge on any atom is 0.339 e. The number of carbonyl (C=O) groups is 3. The zero-order valence-electron chi connectivity index (χ0n) is 19.6. The van der Waals surface area contributed by atoms with E-state index in [0.29, 0.717) is 15.6 Å². The highest BCUT2D eigenvalue weighted by molar-refractivity contribution is 9.10. The minimum absolute atomic E-state index is 0.00829. The van der Waals surface area contributed by atoms with Gasteiger partial charge in [0.25, 0.3) is 11.8 Å². The van der Waals surface area contributed by atoms with Gasteiger partial charge in [0.1, 0.15) is 10.5 Å². The molecule has 1 saturated heterocycles. The van der Waals surface area contributed by atoms with E-state index < -0.39 is 28.0 Å². The maximum atomic E-state index is 13.3. The van der Waals surface area contributed by atoms with Crippen LogP contribution in [0.2, 0.25) is 10.0 Å². The quantitative estimate of drug-likeness (QED) is 0.215. The van der Waals surface area contributed by atoms with Gasteiger partial charge in [-0.1, -0.05) is 29.3 Å². The van der Waals surface area contributed by atoms with Gasteiger partial charge in [-0.2, -0.15) is 8.42 Å². The number of hydrogen-bond acceptors (Lipinski definition) is 7. The predicted octanol–water partition coefficient (Wildman–Crippen LogP) is 5.51. The molecule has 1 aliphatic rings. The molecule has 0 aliphatic carbocycles. The van der Waals surface area contributed by atoms with Crippen molar-refractivity contribution < 1.29 is 31.7 Å². The Balaban J connectivity index is 1.72. The Hall–Kier alpha value is -3.38. The van der Waals surface area contributed by atoms with Gasteiger partial charge in [-0.3, -0.25) is 14.9 Å². The first-order valence-electron chi connectivity index (χ1n) is 10.7. The van der Waals surface area contributed by atoms with E-state index in [1.54, 1.807) is 19.1 Å². The summed E-state index contributed by atoms with van der Waals surface area (Å²) in [4.78, 5) is 39.1. The van der Waals surface area contributed by atoms with Crippen LogP contribution in [-0.4, -0.2) is 33.4 Å². The summed E-state index contributed by atoms with van der Waals surface area (Å²) in [6.07, 6.45) is 1.24. The number of rotatable bonds is 6. The average Bonchev–Trinajstić information content (AvgIpc) is 2.86. The molecule has 0 spiro atoms. The summed E-state index contributed by atoms with van der Waals surface area (Å²) in [5.74, 6) is -1.94. The number of amides is 4. The fourth-order valence-electron chi connectivity index (χ4n) is 3.54. The number of ether oxygens (including phenoxy) is 1. The number of benzene rings is 3. The van der Waals surface area contributed by atoms with E-state index in [9.17, 15) is 22.8 Å². The Kier molecular flexibility index (Phi) is 7.84. The molecule has 0 radical (unpaired) electrons. The van der Waals surface area contributed by atoms with Crippen LogP contribution in [0.5, 0.6) is 11.5 Å². The van der Waals surface area contributed by atoms with E-state index >= 15 is 0 Å². The summed E-state index contributed by atoms with van der Waals surface area (Å²) >= 11 is 15.2. The number of anilines is 1. The molecule has 0 bridgehead atoms. The third-order valence-electron chi connectivity index (χ3n) is 5.44. The molecule has 0 aromatic heterocycles. The van der Waals surface area contributed by atoms with Gasteiger partial charge >= 0.3 is 16.1 Å². The predicted molar refractivity (Wildman–Crippen MR) is 145 cm³/mol. The molecule has 1 aliphatic heterocycles. The van der Waals surface area contributed by atoms with Gasteiger partial charge in [0.15, 0.2) is 11.5 Å². The summed E-state index contributed by atoms with van der Waals surface area (Å²) in [7, 11) is -2.96. The van der Waals surface area contributed by atoms with Crippen LogP contribution in [0.1, 0.15) is 11.1 Å². The number of hydrogen-bond donors (Lipinski definition) is 1. The number of carbonyl (C=O) groups excluding carboxylic acids is 3. The summed E-state index contributed by atoms with van der Waals surface area (Å²) in [6, 6.07) is 12.0. The van der Waals surface area contributed by atoms with Gasteiger partial charge in [-0.05, 0) is 88.6 Å². The highest BCUT2D eigenvalue weighted by Crippen LogP contribution is 2.39. The van der Waals surface area contributed by atoms with E-state index in [4.69, 9.17) is 32.1 Å². The van der Waals surface area contributed by atoms with Crippen molar-refractivity contribution >= 4 is 78.9 Å². The van der Waals surface area contributed by atoms with Gasteiger partial charge in [0, 0.05) is 10.0 Å². The number of barbiturate groups is 1. The van der Waals surface area contributed by atoms with Crippen LogP contribution < -0.4 is 19.1 Å². The van der Waals surface area contributed by atoms with Gasteiger partial charge in [0.2, 0.25) is 0 Å². The first-order chi connectivity index (χ1) is 17.9. The molecule has 0 atom stereocenters. The van der Waals surface area contributed by atoms with Crippen molar-refractivity contribution in [2.45, 2.75) is 11.8 Å². The lowest BCUT2D eigenvalue weighted by molar-refractivity contribution is -0.122. The van der Waals surface area contributed by atoms with Crippen molar-refractivity contribution in [2.75, 3.05) is 12.0 Å². The molecule has 1 N–H and O–H groups in total. The highest BCUT2D eigenvalue weighted by atomic mass is 79.9. The van der Waals surface area contributed by atoms with Gasteiger partial charge in [-0.15, -0.1) is 0 Å². The smallest absolute Gasteiger partial charge is 0.339 e. The second-order valence-electron chi connectivity index (χ2n) is 7.87. The first-order valence-corrected chi connectivity index (χ1v) is 13.6. The molecule has 0 saturated carbocycles. The number of halogens is 3. The molecule has 1 heterocycles. The van der Waals surface area contributed by atoms with Crippen LogP contribution >= 0.6 is 39.1 Å². The van der Waals surface area contributed by atoms with E-state index in [0.717, 1.165) is 4.90 Å². The van der Waals surface area contributed by atoms with Crippen LogP contribution in [-0.2, 0) is 19.7 Å². The zero-order chi connectivity index (χ0) is 27.8. The highest BCUT2D eigenvalue weighted by Gasteiger charge is 2.37. The molecule has 13 heteroatoms. The van der Waals surface area contributed by atoms with Crippen molar-refractivity contribution in [3.05, 3.63) is 85.8 Å². The van der Waals surface area contributed by atoms with Gasteiger partial charge in [-0.25, -0.2) is 9.69 Å². The molecule has 196 valence electrons. The van der Waals surface area contributed by atoms with Crippen LogP contribution in [0, 0.1) is 6.92 Å². The monoisotopic (exact) mass is 638 g/mol. The molecule has 9 nitrogen and oxygen atoms in total. The second kappa shape index (κ2) is 10.8. The lowest BCUT2D eigenvalue weighted by atomic mass is 10.1. The summed E-state index contributed by atoms with van der Waals surface area (Å²) in [5.41, 5.74) is 0.619. The molecule has 0 unspecified atom stereocenters. The topological polar surface area (TPSA) is 119 Å². The number of imide groups is 2. The maximum absolute atomic E-state index is 13.3. The summed E-state index contributed by atoms with van der Waals surface area (Å²) < 4.78 is 36.3.